The summed E-state index contributed by atoms with van der Waals surface area (Å²) < 4.78 is 5.56. The fraction of sp³-hybridized carbons (Fsp3) is 0.222. The highest BCUT2D eigenvalue weighted by Gasteiger charge is 2.34. The maximum absolute atomic E-state index is 12.5. The van der Waals surface area contributed by atoms with Crippen LogP contribution in [0, 0.1) is 20.8 Å². The Hall–Kier alpha value is -2.82. The molecule has 0 bridgehead atoms. The van der Waals surface area contributed by atoms with Crippen LogP contribution in [-0.2, 0) is 9.59 Å². The van der Waals surface area contributed by atoms with E-state index in [4.69, 9.17) is 4.74 Å². The van der Waals surface area contributed by atoms with Crippen molar-refractivity contribution in [1.29, 1.82) is 0 Å². The zero-order valence-corrected chi connectivity index (χ0v) is 13.3. The molecular formula is C18H18N2O3. The second-order valence-corrected chi connectivity index (χ2v) is 5.75. The van der Waals surface area contributed by atoms with Crippen molar-refractivity contribution in [2.75, 3.05) is 10.6 Å². The molecule has 0 aromatic heterocycles. The third-order valence-corrected chi connectivity index (χ3v) is 3.79. The van der Waals surface area contributed by atoms with E-state index in [2.05, 4.69) is 10.6 Å². The van der Waals surface area contributed by atoms with Crippen LogP contribution < -0.4 is 15.4 Å². The fourth-order valence-corrected chi connectivity index (χ4v) is 2.79. The van der Waals surface area contributed by atoms with Crippen LogP contribution in [-0.4, -0.2) is 17.9 Å². The lowest BCUT2D eigenvalue weighted by atomic mass is 10.0. The van der Waals surface area contributed by atoms with Crippen LogP contribution in [0.4, 0.5) is 11.4 Å². The monoisotopic (exact) mass is 310 g/mol. The third-order valence-electron chi connectivity index (χ3n) is 3.79. The average Bonchev–Trinajstić information content (AvgIpc) is 2.50. The number of anilines is 2. The number of carbonyl (C=O) groups excluding carboxylic acids is 2. The van der Waals surface area contributed by atoms with Crippen LogP contribution >= 0.6 is 0 Å². The Kier molecular flexibility index (Phi) is 3.78. The van der Waals surface area contributed by atoms with Crippen molar-refractivity contribution in [3.8, 4) is 5.75 Å². The van der Waals surface area contributed by atoms with Gasteiger partial charge in [0.2, 0.25) is 0 Å². The summed E-state index contributed by atoms with van der Waals surface area (Å²) in [5, 5.41) is 5.50. The Balaban J connectivity index is 1.83. The number of hydrogen-bond donors (Lipinski definition) is 2. The molecule has 1 aliphatic rings. The number of nitrogens with one attached hydrogen (secondary N) is 2. The number of carbonyl (C=O) groups is 2. The van der Waals surface area contributed by atoms with Gasteiger partial charge in [0.1, 0.15) is 5.75 Å². The molecule has 0 aliphatic carbocycles. The van der Waals surface area contributed by atoms with Gasteiger partial charge in [0.15, 0.2) is 0 Å². The van der Waals surface area contributed by atoms with Crippen molar-refractivity contribution in [1.82, 2.24) is 0 Å². The molecule has 2 aromatic carbocycles. The van der Waals surface area contributed by atoms with E-state index in [9.17, 15) is 9.59 Å². The normalized spacial score (nSPS) is 16.1. The van der Waals surface area contributed by atoms with Crippen LogP contribution in [0.2, 0.25) is 0 Å². The zero-order chi connectivity index (χ0) is 16.6. The van der Waals surface area contributed by atoms with E-state index in [-0.39, 0.29) is 0 Å². The van der Waals surface area contributed by atoms with Gasteiger partial charge in [-0.1, -0.05) is 29.8 Å². The van der Waals surface area contributed by atoms with Gasteiger partial charge in [-0.2, -0.15) is 0 Å². The minimum Gasteiger partial charge on any atom is -0.468 e. The molecule has 0 saturated heterocycles. The fourth-order valence-electron chi connectivity index (χ4n) is 2.79. The Morgan fingerprint density at radius 3 is 2.48 bits per heavy atom. The molecule has 5 heteroatoms. The first-order valence-electron chi connectivity index (χ1n) is 7.41. The van der Waals surface area contributed by atoms with E-state index in [0.717, 1.165) is 22.4 Å². The molecule has 1 aliphatic heterocycles. The first kappa shape index (κ1) is 15.1. The zero-order valence-electron chi connectivity index (χ0n) is 13.3. The molecule has 5 nitrogen and oxygen atoms in total. The first-order chi connectivity index (χ1) is 11.0. The smallest absolute Gasteiger partial charge is 0.275 e. The van der Waals surface area contributed by atoms with Gasteiger partial charge in [-0.3, -0.25) is 9.59 Å². The van der Waals surface area contributed by atoms with E-state index < -0.39 is 17.9 Å². The quantitative estimate of drug-likeness (QED) is 0.838. The van der Waals surface area contributed by atoms with E-state index in [1.165, 1.54) is 0 Å². The number of rotatable bonds is 2. The highest BCUT2D eigenvalue weighted by atomic mass is 16.5. The van der Waals surface area contributed by atoms with E-state index >= 15 is 0 Å². The molecule has 2 amide bonds. The lowest BCUT2D eigenvalue weighted by Gasteiger charge is -2.25. The lowest BCUT2D eigenvalue weighted by Crippen LogP contribution is -2.45. The maximum Gasteiger partial charge on any atom is 0.275 e. The van der Waals surface area contributed by atoms with Gasteiger partial charge in [0, 0.05) is 5.69 Å². The third kappa shape index (κ3) is 2.90. The maximum atomic E-state index is 12.5. The van der Waals surface area contributed by atoms with Gasteiger partial charge in [-0.05, 0) is 44.0 Å². The first-order valence-corrected chi connectivity index (χ1v) is 7.41. The molecule has 1 atom stereocenters. The second-order valence-electron chi connectivity index (χ2n) is 5.75. The van der Waals surface area contributed by atoms with Crippen molar-refractivity contribution in [2.45, 2.75) is 26.9 Å². The summed E-state index contributed by atoms with van der Waals surface area (Å²) in [5.41, 5.74) is 4.32. The number of ether oxygens (including phenoxy) is 1. The SMILES string of the molecule is Cc1cc(C)c(NC(=O)C2Oc3ccccc3NC2=O)c(C)c1. The van der Waals surface area contributed by atoms with Crippen molar-refractivity contribution < 1.29 is 14.3 Å². The second kappa shape index (κ2) is 5.76. The number of hydrogen-bond acceptors (Lipinski definition) is 3. The minimum atomic E-state index is -1.20. The topological polar surface area (TPSA) is 67.4 Å². The Morgan fingerprint density at radius 2 is 1.78 bits per heavy atom. The van der Waals surface area contributed by atoms with Crippen molar-refractivity contribution in [3.05, 3.63) is 53.1 Å². The van der Waals surface area contributed by atoms with Gasteiger partial charge >= 0.3 is 0 Å². The molecule has 118 valence electrons. The van der Waals surface area contributed by atoms with E-state index in [1.807, 2.05) is 32.9 Å². The molecular weight excluding hydrogens is 292 g/mol. The predicted molar refractivity (Wildman–Crippen MR) is 88.8 cm³/mol. The Morgan fingerprint density at radius 1 is 1.13 bits per heavy atom. The largest absolute Gasteiger partial charge is 0.468 e. The number of para-hydroxylation sites is 2. The van der Waals surface area contributed by atoms with Gasteiger partial charge in [0.05, 0.1) is 5.69 Å². The van der Waals surface area contributed by atoms with E-state index in [0.29, 0.717) is 11.4 Å². The highest BCUT2D eigenvalue weighted by Crippen LogP contribution is 2.29. The summed E-state index contributed by atoms with van der Waals surface area (Å²) in [7, 11) is 0. The standard InChI is InChI=1S/C18H18N2O3/c1-10-8-11(2)15(12(3)9-10)20-18(22)16-17(21)19-13-6-4-5-7-14(13)23-16/h4-9,16H,1-3H3,(H,19,21)(H,20,22). The molecule has 23 heavy (non-hydrogen) atoms. The molecule has 3 rings (SSSR count). The predicted octanol–water partition coefficient (Wildman–Crippen LogP) is 2.95. The van der Waals surface area contributed by atoms with Crippen LogP contribution in [0.3, 0.4) is 0 Å². The van der Waals surface area contributed by atoms with Gasteiger partial charge < -0.3 is 15.4 Å². The molecule has 1 unspecified atom stereocenters. The summed E-state index contributed by atoms with van der Waals surface area (Å²) in [6.45, 7) is 5.85. The summed E-state index contributed by atoms with van der Waals surface area (Å²) in [5.74, 6) is -0.458. The van der Waals surface area contributed by atoms with Gasteiger partial charge in [0.25, 0.3) is 17.9 Å². The summed E-state index contributed by atoms with van der Waals surface area (Å²) in [4.78, 5) is 24.6. The molecule has 2 N–H and O–H groups in total. The number of benzene rings is 2. The van der Waals surface area contributed by atoms with E-state index in [1.54, 1.807) is 24.3 Å². The van der Waals surface area contributed by atoms with Crippen molar-refractivity contribution in [2.24, 2.45) is 0 Å². The molecule has 0 fully saturated rings. The Labute approximate surface area is 134 Å². The molecule has 1 heterocycles. The highest BCUT2D eigenvalue weighted by molar-refractivity contribution is 6.15. The van der Waals surface area contributed by atoms with Crippen LogP contribution in [0.5, 0.6) is 5.75 Å². The molecule has 0 saturated carbocycles. The van der Waals surface area contributed by atoms with Crippen molar-refractivity contribution in [3.63, 3.8) is 0 Å². The van der Waals surface area contributed by atoms with Crippen LogP contribution in [0.15, 0.2) is 36.4 Å². The van der Waals surface area contributed by atoms with Gasteiger partial charge in [-0.15, -0.1) is 0 Å². The molecule has 2 aromatic rings. The lowest BCUT2D eigenvalue weighted by molar-refractivity contribution is -0.133. The molecule has 0 radical (unpaired) electrons. The average molecular weight is 310 g/mol. The molecule has 0 spiro atoms. The number of aryl methyl sites for hydroxylation is 3. The minimum absolute atomic E-state index is 0.469. The summed E-state index contributed by atoms with van der Waals surface area (Å²) in [6.07, 6.45) is -1.20. The number of amides is 2. The van der Waals surface area contributed by atoms with Crippen molar-refractivity contribution >= 4 is 23.2 Å². The van der Waals surface area contributed by atoms with Gasteiger partial charge in [-0.25, -0.2) is 0 Å². The van der Waals surface area contributed by atoms with Crippen LogP contribution in [0.25, 0.3) is 0 Å². The number of fused-ring (bicyclic) bond motifs is 1. The van der Waals surface area contributed by atoms with Crippen LogP contribution in [0.1, 0.15) is 16.7 Å². The Bertz CT molecular complexity index is 776. The summed E-state index contributed by atoms with van der Waals surface area (Å²) in [6, 6.07) is 11.0. The summed E-state index contributed by atoms with van der Waals surface area (Å²) >= 11 is 0.